The van der Waals surface area contributed by atoms with Crippen LogP contribution in [0.4, 0.5) is 0 Å². The number of carbonyl (C=O) groups excluding carboxylic acids is 2. The topological polar surface area (TPSA) is 92.4 Å². The summed E-state index contributed by atoms with van der Waals surface area (Å²) in [5.41, 5.74) is 6.77. The first kappa shape index (κ1) is 17.4. The van der Waals surface area contributed by atoms with E-state index in [0.29, 0.717) is 5.56 Å². The number of benzene rings is 2. The van der Waals surface area contributed by atoms with Crippen molar-refractivity contribution in [1.82, 2.24) is 5.32 Å². The zero-order valence-electron chi connectivity index (χ0n) is 13.1. The Hall–Kier alpha value is -2.92. The van der Waals surface area contributed by atoms with Gasteiger partial charge >= 0.3 is 0 Å². The number of nitrogens with two attached hydrogens (primary N) is 1. The Kier molecular flexibility index (Phi) is 6.28. The Labute approximate surface area is 140 Å². The zero-order chi connectivity index (χ0) is 17.4. The van der Waals surface area contributed by atoms with E-state index in [-0.39, 0.29) is 6.42 Å². The SMILES string of the molecule is NC(=O)[C@@H](C/C=C/c1ccccc1)NC(=O)[C@@H](O)c1ccccc1. The van der Waals surface area contributed by atoms with Crippen LogP contribution in [-0.4, -0.2) is 23.0 Å². The van der Waals surface area contributed by atoms with Crippen molar-refractivity contribution in [1.29, 1.82) is 0 Å². The van der Waals surface area contributed by atoms with Gasteiger partial charge in [0.15, 0.2) is 6.10 Å². The van der Waals surface area contributed by atoms with Gasteiger partial charge in [0.1, 0.15) is 6.04 Å². The lowest BCUT2D eigenvalue weighted by atomic mass is 10.1. The van der Waals surface area contributed by atoms with Gasteiger partial charge in [0.2, 0.25) is 5.91 Å². The third-order valence-corrected chi connectivity index (χ3v) is 3.51. The van der Waals surface area contributed by atoms with E-state index in [1.807, 2.05) is 36.4 Å². The van der Waals surface area contributed by atoms with Crippen molar-refractivity contribution in [2.24, 2.45) is 5.73 Å². The van der Waals surface area contributed by atoms with E-state index in [2.05, 4.69) is 5.32 Å². The minimum Gasteiger partial charge on any atom is -0.378 e. The number of carbonyl (C=O) groups is 2. The van der Waals surface area contributed by atoms with E-state index < -0.39 is 24.0 Å². The minimum atomic E-state index is -1.34. The molecule has 0 radical (unpaired) electrons. The van der Waals surface area contributed by atoms with Gasteiger partial charge < -0.3 is 16.2 Å². The summed E-state index contributed by atoms with van der Waals surface area (Å²) in [6.45, 7) is 0. The van der Waals surface area contributed by atoms with E-state index >= 15 is 0 Å². The van der Waals surface area contributed by atoms with Crippen LogP contribution in [0.2, 0.25) is 0 Å². The molecular formula is C19H20N2O3. The van der Waals surface area contributed by atoms with Crippen LogP contribution in [0.25, 0.3) is 6.08 Å². The van der Waals surface area contributed by atoms with Gasteiger partial charge in [-0.25, -0.2) is 0 Å². The van der Waals surface area contributed by atoms with Crippen molar-refractivity contribution in [2.75, 3.05) is 0 Å². The summed E-state index contributed by atoms with van der Waals surface area (Å²) in [6, 6.07) is 17.2. The van der Waals surface area contributed by atoms with Crippen LogP contribution >= 0.6 is 0 Å². The van der Waals surface area contributed by atoms with Gasteiger partial charge in [-0.3, -0.25) is 9.59 Å². The summed E-state index contributed by atoms with van der Waals surface area (Å²) in [4.78, 5) is 23.6. The van der Waals surface area contributed by atoms with Crippen molar-refractivity contribution in [2.45, 2.75) is 18.6 Å². The zero-order valence-corrected chi connectivity index (χ0v) is 13.1. The number of hydrogen-bond donors (Lipinski definition) is 3. The summed E-state index contributed by atoms with van der Waals surface area (Å²) >= 11 is 0. The smallest absolute Gasteiger partial charge is 0.254 e. The van der Waals surface area contributed by atoms with Crippen molar-refractivity contribution in [3.05, 3.63) is 77.9 Å². The quantitative estimate of drug-likeness (QED) is 0.725. The molecular weight excluding hydrogens is 304 g/mol. The number of aliphatic hydroxyl groups excluding tert-OH is 1. The third-order valence-electron chi connectivity index (χ3n) is 3.51. The molecule has 0 aliphatic heterocycles. The molecule has 5 nitrogen and oxygen atoms in total. The Balaban J connectivity index is 1.97. The van der Waals surface area contributed by atoms with Crippen LogP contribution in [0.5, 0.6) is 0 Å². The van der Waals surface area contributed by atoms with Crippen LogP contribution < -0.4 is 11.1 Å². The summed E-state index contributed by atoms with van der Waals surface area (Å²) in [5.74, 6) is -1.31. The Morgan fingerprint density at radius 3 is 2.21 bits per heavy atom. The molecule has 0 bridgehead atoms. The maximum absolute atomic E-state index is 12.1. The van der Waals surface area contributed by atoms with Crippen molar-refractivity contribution in [3.8, 4) is 0 Å². The number of hydrogen-bond acceptors (Lipinski definition) is 3. The minimum absolute atomic E-state index is 0.247. The standard InChI is InChI=1S/C19H20N2O3/c20-18(23)16(13-7-10-14-8-3-1-4-9-14)21-19(24)17(22)15-11-5-2-6-12-15/h1-12,16-17,22H,13H2,(H2,20,23)(H,21,24)/b10-7+/t16-,17+/m1/s1. The fourth-order valence-electron chi connectivity index (χ4n) is 2.19. The molecule has 124 valence electrons. The normalized spacial score (nSPS) is 13.4. The predicted molar refractivity (Wildman–Crippen MR) is 92.6 cm³/mol. The summed E-state index contributed by atoms with van der Waals surface area (Å²) in [7, 11) is 0. The van der Waals surface area contributed by atoms with E-state index in [1.54, 1.807) is 36.4 Å². The molecule has 0 unspecified atom stereocenters. The van der Waals surface area contributed by atoms with Crippen LogP contribution in [-0.2, 0) is 9.59 Å². The molecule has 0 spiro atoms. The first-order valence-corrected chi connectivity index (χ1v) is 7.62. The lowest BCUT2D eigenvalue weighted by molar-refractivity contribution is -0.133. The molecule has 2 aromatic carbocycles. The van der Waals surface area contributed by atoms with Crippen LogP contribution in [0, 0.1) is 0 Å². The Bertz CT molecular complexity index is 699. The Morgan fingerprint density at radius 2 is 1.62 bits per heavy atom. The van der Waals surface area contributed by atoms with Gasteiger partial charge in [0, 0.05) is 0 Å². The Morgan fingerprint density at radius 1 is 1.04 bits per heavy atom. The van der Waals surface area contributed by atoms with Crippen molar-refractivity contribution in [3.63, 3.8) is 0 Å². The molecule has 0 heterocycles. The number of amides is 2. The number of rotatable bonds is 7. The highest BCUT2D eigenvalue weighted by Crippen LogP contribution is 2.12. The maximum Gasteiger partial charge on any atom is 0.254 e. The summed E-state index contributed by atoms with van der Waals surface area (Å²) < 4.78 is 0. The molecule has 0 saturated heterocycles. The summed E-state index contributed by atoms with van der Waals surface area (Å²) in [5, 5.41) is 12.5. The highest BCUT2D eigenvalue weighted by Gasteiger charge is 2.22. The maximum atomic E-state index is 12.1. The molecule has 0 fully saturated rings. The molecule has 0 saturated carbocycles. The van der Waals surface area contributed by atoms with Gasteiger partial charge in [-0.2, -0.15) is 0 Å². The lowest BCUT2D eigenvalue weighted by Gasteiger charge is -2.17. The van der Waals surface area contributed by atoms with E-state index in [0.717, 1.165) is 5.56 Å². The molecule has 2 rings (SSSR count). The van der Waals surface area contributed by atoms with Gasteiger partial charge in [0.25, 0.3) is 5.91 Å². The van der Waals surface area contributed by atoms with Crippen LogP contribution in [0.1, 0.15) is 23.7 Å². The second kappa shape index (κ2) is 8.64. The molecule has 0 aromatic heterocycles. The molecule has 2 atom stereocenters. The van der Waals surface area contributed by atoms with Gasteiger partial charge in [0.05, 0.1) is 0 Å². The fourth-order valence-corrected chi connectivity index (χ4v) is 2.19. The average Bonchev–Trinajstić information content (AvgIpc) is 2.61. The molecule has 24 heavy (non-hydrogen) atoms. The number of aliphatic hydroxyl groups is 1. The lowest BCUT2D eigenvalue weighted by Crippen LogP contribution is -2.45. The molecule has 5 heteroatoms. The summed E-state index contributed by atoms with van der Waals surface area (Å²) in [6.07, 6.45) is 2.51. The second-order valence-corrected chi connectivity index (χ2v) is 5.33. The van der Waals surface area contributed by atoms with Crippen LogP contribution in [0.15, 0.2) is 66.7 Å². The molecule has 2 aromatic rings. The van der Waals surface area contributed by atoms with Gasteiger partial charge in [-0.05, 0) is 17.5 Å². The number of nitrogens with one attached hydrogen (secondary N) is 1. The predicted octanol–water partition coefficient (Wildman–Crippen LogP) is 1.79. The van der Waals surface area contributed by atoms with Crippen LogP contribution in [0.3, 0.4) is 0 Å². The van der Waals surface area contributed by atoms with Crippen molar-refractivity contribution < 1.29 is 14.7 Å². The molecule has 0 aliphatic rings. The molecule has 2 amide bonds. The first-order chi connectivity index (χ1) is 11.6. The third kappa shape index (κ3) is 5.07. The van der Waals surface area contributed by atoms with E-state index in [1.165, 1.54) is 0 Å². The largest absolute Gasteiger partial charge is 0.378 e. The fraction of sp³-hybridized carbons (Fsp3) is 0.158. The van der Waals surface area contributed by atoms with E-state index in [9.17, 15) is 14.7 Å². The van der Waals surface area contributed by atoms with Gasteiger partial charge in [-0.1, -0.05) is 72.8 Å². The van der Waals surface area contributed by atoms with E-state index in [4.69, 9.17) is 5.73 Å². The molecule has 4 N–H and O–H groups in total. The van der Waals surface area contributed by atoms with Gasteiger partial charge in [-0.15, -0.1) is 0 Å². The highest BCUT2D eigenvalue weighted by molar-refractivity contribution is 5.89. The second-order valence-electron chi connectivity index (χ2n) is 5.33. The highest BCUT2D eigenvalue weighted by atomic mass is 16.3. The monoisotopic (exact) mass is 324 g/mol. The first-order valence-electron chi connectivity index (χ1n) is 7.62. The average molecular weight is 324 g/mol. The number of primary amides is 1. The molecule has 0 aliphatic carbocycles. The van der Waals surface area contributed by atoms with Crippen molar-refractivity contribution >= 4 is 17.9 Å².